The number of aryl methyl sites for hydroxylation is 1. The van der Waals surface area contributed by atoms with Crippen molar-refractivity contribution in [2.24, 2.45) is 0 Å². The van der Waals surface area contributed by atoms with Crippen LogP contribution in [0.15, 0.2) is 60.9 Å². The highest BCUT2D eigenvalue weighted by molar-refractivity contribution is 6.04. The minimum atomic E-state index is -0.178. The Morgan fingerprint density at radius 2 is 1.74 bits per heavy atom. The summed E-state index contributed by atoms with van der Waals surface area (Å²) in [7, 11) is 0. The Balaban J connectivity index is 1.43. The van der Waals surface area contributed by atoms with E-state index in [1.54, 1.807) is 27.9 Å². The van der Waals surface area contributed by atoms with Crippen molar-refractivity contribution in [2.75, 3.05) is 16.8 Å². The molecule has 0 spiro atoms. The van der Waals surface area contributed by atoms with Gasteiger partial charge in [-0.05, 0) is 67.4 Å². The van der Waals surface area contributed by atoms with Crippen LogP contribution in [0.4, 0.5) is 11.4 Å². The van der Waals surface area contributed by atoms with Crippen molar-refractivity contribution in [1.82, 2.24) is 9.78 Å². The maximum Gasteiger partial charge on any atom is 0.255 e. The summed E-state index contributed by atoms with van der Waals surface area (Å²) in [5, 5.41) is 7.15. The van der Waals surface area contributed by atoms with E-state index in [9.17, 15) is 9.59 Å². The molecule has 0 unspecified atom stereocenters. The van der Waals surface area contributed by atoms with E-state index in [1.807, 2.05) is 49.5 Å². The van der Waals surface area contributed by atoms with Gasteiger partial charge in [0.1, 0.15) is 0 Å². The number of nitrogens with zero attached hydrogens (tertiary/aromatic N) is 3. The Bertz CT molecular complexity index is 974. The van der Waals surface area contributed by atoms with Crippen LogP contribution in [0.3, 0.4) is 0 Å². The van der Waals surface area contributed by atoms with Crippen LogP contribution in [0.25, 0.3) is 5.69 Å². The van der Waals surface area contributed by atoms with Crippen LogP contribution in [0.2, 0.25) is 0 Å². The van der Waals surface area contributed by atoms with Gasteiger partial charge in [-0.3, -0.25) is 9.59 Å². The number of hydrogen-bond donors (Lipinski definition) is 1. The summed E-state index contributed by atoms with van der Waals surface area (Å²) in [5.74, 6) is -0.0255. The standard InChI is InChI=1S/C21H20N4O2/c1-15-13-22-25(14-15)19-8-4-16(5-9-19)21(27)23-17-6-10-18(11-7-17)24-12-2-3-20(24)26/h4-11,13-14H,2-3,12H2,1H3,(H,23,27). The molecule has 2 heterocycles. The Morgan fingerprint density at radius 1 is 1.04 bits per heavy atom. The summed E-state index contributed by atoms with van der Waals surface area (Å²) in [5.41, 5.74) is 4.12. The van der Waals surface area contributed by atoms with Gasteiger partial charge in [0.2, 0.25) is 5.91 Å². The molecule has 0 radical (unpaired) electrons. The summed E-state index contributed by atoms with van der Waals surface area (Å²) in [6.45, 7) is 2.74. The maximum absolute atomic E-state index is 12.5. The van der Waals surface area contributed by atoms with Gasteiger partial charge in [0.05, 0.1) is 11.9 Å². The van der Waals surface area contributed by atoms with Crippen LogP contribution >= 0.6 is 0 Å². The van der Waals surface area contributed by atoms with Crippen molar-refractivity contribution in [3.63, 3.8) is 0 Å². The average molecular weight is 360 g/mol. The summed E-state index contributed by atoms with van der Waals surface area (Å²) >= 11 is 0. The van der Waals surface area contributed by atoms with Gasteiger partial charge in [0.15, 0.2) is 0 Å². The molecule has 2 amide bonds. The number of carbonyl (C=O) groups is 2. The highest BCUT2D eigenvalue weighted by atomic mass is 16.2. The van der Waals surface area contributed by atoms with E-state index in [1.165, 1.54) is 0 Å². The Hall–Kier alpha value is -3.41. The zero-order valence-corrected chi connectivity index (χ0v) is 15.1. The maximum atomic E-state index is 12.5. The highest BCUT2D eigenvalue weighted by Gasteiger charge is 2.21. The van der Waals surface area contributed by atoms with Gasteiger partial charge < -0.3 is 10.2 Å². The van der Waals surface area contributed by atoms with Gasteiger partial charge >= 0.3 is 0 Å². The fourth-order valence-corrected chi connectivity index (χ4v) is 3.17. The lowest BCUT2D eigenvalue weighted by molar-refractivity contribution is -0.117. The summed E-state index contributed by atoms with van der Waals surface area (Å²) < 4.78 is 1.77. The molecule has 1 aliphatic rings. The number of aromatic nitrogens is 2. The zero-order valence-electron chi connectivity index (χ0n) is 15.1. The van der Waals surface area contributed by atoms with E-state index in [2.05, 4.69) is 10.4 Å². The highest BCUT2D eigenvalue weighted by Crippen LogP contribution is 2.23. The van der Waals surface area contributed by atoms with E-state index in [0.717, 1.165) is 29.9 Å². The summed E-state index contributed by atoms with van der Waals surface area (Å²) in [6, 6.07) is 14.6. The lowest BCUT2D eigenvalue weighted by atomic mass is 10.2. The van der Waals surface area contributed by atoms with Crippen LogP contribution in [0, 0.1) is 6.92 Å². The molecule has 4 rings (SSSR count). The normalized spacial score (nSPS) is 13.8. The van der Waals surface area contributed by atoms with Gasteiger partial charge in [-0.25, -0.2) is 4.68 Å². The topological polar surface area (TPSA) is 67.2 Å². The predicted octanol–water partition coefficient (Wildman–Crippen LogP) is 3.56. The van der Waals surface area contributed by atoms with Gasteiger partial charge in [-0.1, -0.05) is 0 Å². The molecular weight excluding hydrogens is 340 g/mol. The number of anilines is 2. The first-order valence-corrected chi connectivity index (χ1v) is 8.94. The molecule has 1 aliphatic heterocycles. The third-order valence-electron chi connectivity index (χ3n) is 4.62. The zero-order chi connectivity index (χ0) is 18.8. The van der Waals surface area contributed by atoms with Gasteiger partial charge in [0, 0.05) is 36.1 Å². The van der Waals surface area contributed by atoms with Crippen LogP contribution in [0.5, 0.6) is 0 Å². The second-order valence-corrected chi connectivity index (χ2v) is 6.66. The first-order valence-electron chi connectivity index (χ1n) is 8.94. The van der Waals surface area contributed by atoms with Crippen molar-refractivity contribution in [2.45, 2.75) is 19.8 Å². The molecule has 6 nitrogen and oxygen atoms in total. The molecule has 27 heavy (non-hydrogen) atoms. The smallest absolute Gasteiger partial charge is 0.255 e. The molecule has 1 saturated heterocycles. The van der Waals surface area contributed by atoms with Gasteiger partial charge in [0.25, 0.3) is 5.91 Å². The molecular formula is C21H20N4O2. The van der Waals surface area contributed by atoms with Crippen molar-refractivity contribution < 1.29 is 9.59 Å². The third-order valence-corrected chi connectivity index (χ3v) is 4.62. The predicted molar refractivity (Wildman–Crippen MR) is 104 cm³/mol. The molecule has 136 valence electrons. The summed E-state index contributed by atoms with van der Waals surface area (Å²) in [4.78, 5) is 26.0. The van der Waals surface area contributed by atoms with E-state index in [4.69, 9.17) is 0 Å². The molecule has 3 aromatic rings. The summed E-state index contributed by atoms with van der Waals surface area (Å²) in [6.07, 6.45) is 5.22. The second-order valence-electron chi connectivity index (χ2n) is 6.66. The van der Waals surface area contributed by atoms with Gasteiger partial charge in [-0.15, -0.1) is 0 Å². The number of hydrogen-bond acceptors (Lipinski definition) is 3. The van der Waals surface area contributed by atoms with E-state index >= 15 is 0 Å². The van der Waals surface area contributed by atoms with E-state index < -0.39 is 0 Å². The quantitative estimate of drug-likeness (QED) is 0.773. The molecule has 0 aliphatic carbocycles. The van der Waals surface area contributed by atoms with Crippen molar-refractivity contribution in [3.05, 3.63) is 72.1 Å². The number of carbonyl (C=O) groups excluding carboxylic acids is 2. The van der Waals surface area contributed by atoms with Crippen LogP contribution < -0.4 is 10.2 Å². The van der Waals surface area contributed by atoms with Crippen LogP contribution in [-0.4, -0.2) is 28.1 Å². The lowest BCUT2D eigenvalue weighted by Gasteiger charge is -2.16. The fourth-order valence-electron chi connectivity index (χ4n) is 3.17. The molecule has 6 heteroatoms. The molecule has 1 fully saturated rings. The first-order chi connectivity index (χ1) is 13.1. The van der Waals surface area contributed by atoms with Crippen molar-refractivity contribution in [1.29, 1.82) is 0 Å². The number of amides is 2. The largest absolute Gasteiger partial charge is 0.322 e. The Morgan fingerprint density at radius 3 is 2.33 bits per heavy atom. The minimum Gasteiger partial charge on any atom is -0.322 e. The minimum absolute atomic E-state index is 0.152. The molecule has 1 N–H and O–H groups in total. The monoisotopic (exact) mass is 360 g/mol. The number of rotatable bonds is 4. The van der Waals surface area contributed by atoms with Crippen LogP contribution in [-0.2, 0) is 4.79 Å². The molecule has 1 aromatic heterocycles. The van der Waals surface area contributed by atoms with E-state index in [0.29, 0.717) is 17.7 Å². The van der Waals surface area contributed by atoms with E-state index in [-0.39, 0.29) is 11.8 Å². The molecule has 2 aromatic carbocycles. The lowest BCUT2D eigenvalue weighted by Crippen LogP contribution is -2.23. The molecule has 0 bridgehead atoms. The Labute approximate surface area is 157 Å². The molecule has 0 saturated carbocycles. The van der Waals surface area contributed by atoms with Crippen LogP contribution in [0.1, 0.15) is 28.8 Å². The molecule has 0 atom stereocenters. The SMILES string of the molecule is Cc1cnn(-c2ccc(C(=O)Nc3ccc(N4CCCC4=O)cc3)cc2)c1. The Kier molecular flexibility index (Phi) is 4.46. The average Bonchev–Trinajstić information content (AvgIpc) is 3.31. The van der Waals surface area contributed by atoms with Gasteiger partial charge in [-0.2, -0.15) is 5.10 Å². The van der Waals surface area contributed by atoms with Crippen molar-refractivity contribution >= 4 is 23.2 Å². The van der Waals surface area contributed by atoms with Crippen molar-refractivity contribution in [3.8, 4) is 5.69 Å². The third kappa shape index (κ3) is 3.60. The second kappa shape index (κ2) is 7.07. The fraction of sp³-hybridized carbons (Fsp3) is 0.190. The first kappa shape index (κ1) is 17.0. The number of nitrogens with one attached hydrogen (secondary N) is 1. The number of benzene rings is 2.